The van der Waals surface area contributed by atoms with E-state index in [4.69, 9.17) is 5.73 Å². The molecule has 4 nitrogen and oxygen atoms in total. The molecule has 0 radical (unpaired) electrons. The second kappa shape index (κ2) is 6.52. The molecule has 0 spiro atoms. The number of fused-ring (bicyclic) bond motifs is 1. The average molecular weight is 284 g/mol. The van der Waals surface area contributed by atoms with Gasteiger partial charge in [-0.05, 0) is 31.6 Å². The number of likely N-dealkylation sites (N-methyl/N-ethyl adjacent to an activating group) is 1. The molecule has 1 aromatic carbocycles. The van der Waals surface area contributed by atoms with Crippen LogP contribution in [-0.4, -0.2) is 54.6 Å². The van der Waals surface area contributed by atoms with Crippen LogP contribution in [0.5, 0.6) is 0 Å². The molecule has 0 bridgehead atoms. The summed E-state index contributed by atoms with van der Waals surface area (Å²) in [6.07, 6.45) is 3.07. The van der Waals surface area contributed by atoms with Crippen molar-refractivity contribution in [2.24, 2.45) is 5.73 Å². The molecule has 1 aliphatic heterocycles. The normalized spacial score (nSPS) is 19.5. The van der Waals surface area contributed by atoms with E-state index in [1.165, 1.54) is 23.9 Å². The van der Waals surface area contributed by atoms with Crippen LogP contribution in [0, 0.1) is 0 Å². The smallest absolute Gasteiger partial charge is 0.0750 e. The van der Waals surface area contributed by atoms with Gasteiger partial charge in [-0.3, -0.25) is 9.88 Å². The van der Waals surface area contributed by atoms with Crippen molar-refractivity contribution in [2.45, 2.75) is 12.5 Å². The summed E-state index contributed by atoms with van der Waals surface area (Å²) in [4.78, 5) is 9.51. The van der Waals surface area contributed by atoms with Gasteiger partial charge in [0, 0.05) is 43.8 Å². The minimum Gasteiger partial charge on any atom is -0.329 e. The molecule has 1 atom stereocenters. The minimum absolute atomic E-state index is 0.259. The number of nitrogens with zero attached hydrogens (tertiary/aromatic N) is 3. The van der Waals surface area contributed by atoms with Gasteiger partial charge in [-0.25, -0.2) is 0 Å². The van der Waals surface area contributed by atoms with E-state index in [9.17, 15) is 0 Å². The van der Waals surface area contributed by atoms with Crippen LogP contribution in [-0.2, 0) is 0 Å². The molecule has 3 rings (SSSR count). The zero-order valence-corrected chi connectivity index (χ0v) is 12.7. The van der Waals surface area contributed by atoms with Gasteiger partial charge in [0.2, 0.25) is 0 Å². The molecule has 2 N–H and O–H groups in total. The largest absolute Gasteiger partial charge is 0.329 e. The van der Waals surface area contributed by atoms with Crippen LogP contribution in [0.2, 0.25) is 0 Å². The van der Waals surface area contributed by atoms with Gasteiger partial charge in [-0.1, -0.05) is 24.3 Å². The van der Waals surface area contributed by atoms with Crippen molar-refractivity contribution in [3.8, 4) is 0 Å². The number of nitrogens with two attached hydrogens (primary N) is 1. The maximum atomic E-state index is 6.13. The lowest BCUT2D eigenvalue weighted by Gasteiger charge is -2.30. The van der Waals surface area contributed by atoms with Crippen molar-refractivity contribution in [1.82, 2.24) is 14.8 Å². The zero-order chi connectivity index (χ0) is 14.7. The quantitative estimate of drug-likeness (QED) is 0.934. The van der Waals surface area contributed by atoms with Crippen molar-refractivity contribution in [1.29, 1.82) is 0 Å². The Balaban J connectivity index is 1.94. The fourth-order valence-electron chi connectivity index (χ4n) is 3.25. The van der Waals surface area contributed by atoms with E-state index >= 15 is 0 Å². The third-order valence-corrected chi connectivity index (χ3v) is 4.44. The molecule has 1 fully saturated rings. The van der Waals surface area contributed by atoms with Crippen LogP contribution >= 0.6 is 0 Å². The van der Waals surface area contributed by atoms with Crippen molar-refractivity contribution in [2.75, 3.05) is 39.8 Å². The second-order valence-corrected chi connectivity index (χ2v) is 5.87. The molecule has 21 heavy (non-hydrogen) atoms. The standard InChI is InChI=1S/C17H24N4/c1-20-9-4-10-21(12-11-20)16(13-18)15-7-2-5-14-6-3-8-19-17(14)15/h2-3,5-8,16H,4,9-13,18H2,1H3. The molecule has 4 heteroatoms. The Morgan fingerprint density at radius 2 is 2.00 bits per heavy atom. The molecule has 1 aliphatic rings. The number of hydrogen-bond acceptors (Lipinski definition) is 4. The van der Waals surface area contributed by atoms with Gasteiger partial charge >= 0.3 is 0 Å². The number of benzene rings is 1. The molecule has 2 heterocycles. The van der Waals surface area contributed by atoms with Gasteiger partial charge in [-0.15, -0.1) is 0 Å². The Bertz CT molecular complexity index is 593. The second-order valence-electron chi connectivity index (χ2n) is 5.87. The summed E-state index contributed by atoms with van der Waals surface area (Å²) in [5.74, 6) is 0. The van der Waals surface area contributed by atoms with Gasteiger partial charge in [0.05, 0.1) is 5.52 Å². The highest BCUT2D eigenvalue weighted by Crippen LogP contribution is 2.27. The van der Waals surface area contributed by atoms with Crippen LogP contribution < -0.4 is 5.73 Å². The van der Waals surface area contributed by atoms with Crippen LogP contribution in [0.4, 0.5) is 0 Å². The van der Waals surface area contributed by atoms with Gasteiger partial charge in [-0.2, -0.15) is 0 Å². The highest BCUT2D eigenvalue weighted by molar-refractivity contribution is 5.82. The predicted octanol–water partition coefficient (Wildman–Crippen LogP) is 1.87. The van der Waals surface area contributed by atoms with E-state index in [0.29, 0.717) is 6.54 Å². The highest BCUT2D eigenvalue weighted by Gasteiger charge is 2.23. The Labute approximate surface area is 126 Å². The molecule has 112 valence electrons. The average Bonchev–Trinajstić information content (AvgIpc) is 2.73. The molecule has 1 aromatic heterocycles. The SMILES string of the molecule is CN1CCCN(C(CN)c2cccc3cccnc23)CC1. The van der Waals surface area contributed by atoms with Crippen molar-refractivity contribution < 1.29 is 0 Å². The summed E-state index contributed by atoms with van der Waals surface area (Å²) in [6, 6.07) is 10.8. The van der Waals surface area contributed by atoms with Gasteiger partial charge in [0.15, 0.2) is 0 Å². The summed E-state index contributed by atoms with van der Waals surface area (Å²) in [7, 11) is 2.19. The molecule has 1 saturated heterocycles. The summed E-state index contributed by atoms with van der Waals surface area (Å²) in [5, 5.41) is 1.19. The number of hydrogen-bond donors (Lipinski definition) is 1. The fraction of sp³-hybridized carbons (Fsp3) is 0.471. The van der Waals surface area contributed by atoms with E-state index in [-0.39, 0.29) is 6.04 Å². The number of pyridine rings is 1. The molecular weight excluding hydrogens is 260 g/mol. The monoisotopic (exact) mass is 284 g/mol. The Kier molecular flexibility index (Phi) is 4.48. The number of rotatable bonds is 3. The molecule has 1 unspecified atom stereocenters. The molecular formula is C17H24N4. The molecule has 0 amide bonds. The summed E-state index contributed by atoms with van der Waals surface area (Å²) in [5.41, 5.74) is 8.48. The third kappa shape index (κ3) is 3.07. The molecule has 0 saturated carbocycles. The first-order chi connectivity index (χ1) is 10.3. The topological polar surface area (TPSA) is 45.4 Å². The van der Waals surface area contributed by atoms with Crippen LogP contribution in [0.1, 0.15) is 18.0 Å². The first-order valence-corrected chi connectivity index (χ1v) is 7.76. The van der Waals surface area contributed by atoms with Crippen LogP contribution in [0.25, 0.3) is 10.9 Å². The van der Waals surface area contributed by atoms with E-state index in [0.717, 1.165) is 25.2 Å². The Hall–Kier alpha value is -1.49. The van der Waals surface area contributed by atoms with Crippen LogP contribution in [0.3, 0.4) is 0 Å². The van der Waals surface area contributed by atoms with E-state index in [2.05, 4.69) is 46.1 Å². The van der Waals surface area contributed by atoms with Crippen molar-refractivity contribution in [3.05, 3.63) is 42.1 Å². The first kappa shape index (κ1) is 14.4. The summed E-state index contributed by atoms with van der Waals surface area (Å²) < 4.78 is 0. The van der Waals surface area contributed by atoms with Gasteiger partial charge in [0.1, 0.15) is 0 Å². The minimum atomic E-state index is 0.259. The van der Waals surface area contributed by atoms with Crippen molar-refractivity contribution in [3.63, 3.8) is 0 Å². The molecule has 2 aromatic rings. The summed E-state index contributed by atoms with van der Waals surface area (Å²) >= 11 is 0. The highest BCUT2D eigenvalue weighted by atomic mass is 15.2. The first-order valence-electron chi connectivity index (χ1n) is 7.76. The van der Waals surface area contributed by atoms with Gasteiger partial charge in [0.25, 0.3) is 0 Å². The van der Waals surface area contributed by atoms with Gasteiger partial charge < -0.3 is 10.6 Å². The van der Waals surface area contributed by atoms with Crippen LogP contribution in [0.15, 0.2) is 36.5 Å². The lowest BCUT2D eigenvalue weighted by atomic mass is 10.0. The maximum absolute atomic E-state index is 6.13. The number of aromatic nitrogens is 1. The third-order valence-electron chi connectivity index (χ3n) is 4.44. The van der Waals surface area contributed by atoms with Crippen molar-refractivity contribution >= 4 is 10.9 Å². The number of para-hydroxylation sites is 1. The lowest BCUT2D eigenvalue weighted by Crippen LogP contribution is -2.36. The zero-order valence-electron chi connectivity index (χ0n) is 12.7. The van der Waals surface area contributed by atoms with E-state index in [1.807, 2.05) is 12.3 Å². The van der Waals surface area contributed by atoms with E-state index in [1.54, 1.807) is 0 Å². The maximum Gasteiger partial charge on any atom is 0.0750 e. The molecule has 0 aliphatic carbocycles. The lowest BCUT2D eigenvalue weighted by molar-refractivity contribution is 0.209. The van der Waals surface area contributed by atoms with E-state index < -0.39 is 0 Å². The fourth-order valence-corrected chi connectivity index (χ4v) is 3.25. The Morgan fingerprint density at radius 3 is 2.86 bits per heavy atom. The predicted molar refractivity (Wildman–Crippen MR) is 87.2 cm³/mol. The Morgan fingerprint density at radius 1 is 1.14 bits per heavy atom. The summed E-state index contributed by atoms with van der Waals surface area (Å²) in [6.45, 7) is 5.09.